The molecule has 0 aromatic rings. The average molecular weight is 519 g/mol. The normalized spacial score (nSPS) is 15.4. The van der Waals surface area contributed by atoms with Gasteiger partial charge < -0.3 is 9.80 Å². The minimum absolute atomic E-state index is 0.639. The predicted molar refractivity (Wildman–Crippen MR) is 168 cm³/mol. The molecule has 1 unspecified atom stereocenters. The maximum Gasteiger partial charge on any atom is 0.101 e. The first-order chi connectivity index (χ1) is 18.3. The largest absolute Gasteiger partial charge is 0.356 e. The van der Waals surface area contributed by atoms with E-state index in [-0.39, 0.29) is 0 Å². The van der Waals surface area contributed by atoms with E-state index in [0.717, 1.165) is 0 Å². The monoisotopic (exact) mass is 519 g/mol. The fraction of sp³-hybridized carbons (Fsp3) is 0.943. The molecule has 1 aliphatic heterocycles. The molecule has 0 N–H and O–H groups in total. The van der Waals surface area contributed by atoms with Crippen molar-refractivity contribution in [3.63, 3.8) is 0 Å². The van der Waals surface area contributed by atoms with Crippen LogP contribution in [0.15, 0.2) is 12.4 Å². The molecule has 220 valence electrons. The van der Waals surface area contributed by atoms with E-state index in [0.29, 0.717) is 6.17 Å². The van der Waals surface area contributed by atoms with E-state index in [1.54, 1.807) is 0 Å². The Balaban J connectivity index is 2.01. The Hall–Kier alpha value is -0.660. The zero-order chi connectivity index (χ0) is 26.7. The number of hydrogen-bond acceptors (Lipinski definition) is 2. The summed E-state index contributed by atoms with van der Waals surface area (Å²) >= 11 is 0. The molecular weight excluding hydrogens is 448 g/mol. The van der Waals surface area contributed by atoms with Gasteiger partial charge >= 0.3 is 0 Å². The summed E-state index contributed by atoms with van der Waals surface area (Å²) in [6.07, 6.45) is 44.0. The van der Waals surface area contributed by atoms with Crippen molar-refractivity contribution in [1.29, 1.82) is 0 Å². The van der Waals surface area contributed by atoms with Gasteiger partial charge in [0, 0.05) is 25.5 Å². The molecule has 1 heterocycles. The van der Waals surface area contributed by atoms with Crippen molar-refractivity contribution in [3.8, 4) is 0 Å². The maximum atomic E-state index is 2.67. The van der Waals surface area contributed by atoms with E-state index in [1.165, 1.54) is 186 Å². The van der Waals surface area contributed by atoms with Gasteiger partial charge in [0.15, 0.2) is 0 Å². The van der Waals surface area contributed by atoms with Crippen LogP contribution in [-0.2, 0) is 0 Å². The third-order valence-electron chi connectivity index (χ3n) is 8.57. The van der Waals surface area contributed by atoms with E-state index in [1.807, 2.05) is 0 Å². The van der Waals surface area contributed by atoms with E-state index in [4.69, 9.17) is 0 Å². The maximum absolute atomic E-state index is 2.67. The van der Waals surface area contributed by atoms with Crippen molar-refractivity contribution in [2.45, 2.75) is 200 Å². The first-order valence-corrected chi connectivity index (χ1v) is 17.5. The molecule has 2 heteroatoms. The summed E-state index contributed by atoms with van der Waals surface area (Å²) in [5, 5.41) is 0. The zero-order valence-corrected chi connectivity index (χ0v) is 26.1. The summed E-state index contributed by atoms with van der Waals surface area (Å²) in [5.74, 6) is 0. The fourth-order valence-electron chi connectivity index (χ4n) is 6.00. The van der Waals surface area contributed by atoms with Crippen molar-refractivity contribution < 1.29 is 0 Å². The molecule has 0 aromatic carbocycles. The van der Waals surface area contributed by atoms with Gasteiger partial charge in [-0.3, -0.25) is 0 Å². The Morgan fingerprint density at radius 1 is 0.351 bits per heavy atom. The fourth-order valence-corrected chi connectivity index (χ4v) is 6.00. The number of rotatable bonds is 29. The molecule has 37 heavy (non-hydrogen) atoms. The van der Waals surface area contributed by atoms with Gasteiger partial charge in [-0.1, -0.05) is 168 Å². The van der Waals surface area contributed by atoms with Gasteiger partial charge in [-0.2, -0.15) is 0 Å². The van der Waals surface area contributed by atoms with Gasteiger partial charge in [0.05, 0.1) is 0 Å². The average Bonchev–Trinajstić information content (AvgIpc) is 3.29. The van der Waals surface area contributed by atoms with Crippen LogP contribution in [0, 0.1) is 0 Å². The highest BCUT2D eigenvalue weighted by molar-refractivity contribution is 4.96. The molecule has 0 aliphatic carbocycles. The Labute approximate surface area is 235 Å². The van der Waals surface area contributed by atoms with Gasteiger partial charge in [-0.15, -0.1) is 0 Å². The first kappa shape index (κ1) is 34.4. The molecule has 2 nitrogen and oxygen atoms in total. The summed E-state index contributed by atoms with van der Waals surface area (Å²) in [6.45, 7) is 9.48. The van der Waals surface area contributed by atoms with Crippen molar-refractivity contribution in [3.05, 3.63) is 12.4 Å². The van der Waals surface area contributed by atoms with Crippen LogP contribution in [0.25, 0.3) is 0 Å². The van der Waals surface area contributed by atoms with Crippen LogP contribution in [-0.4, -0.2) is 29.1 Å². The Morgan fingerprint density at radius 2 is 0.622 bits per heavy atom. The van der Waals surface area contributed by atoms with Crippen LogP contribution in [0.3, 0.4) is 0 Å². The Morgan fingerprint density at radius 3 is 0.919 bits per heavy atom. The van der Waals surface area contributed by atoms with Crippen LogP contribution in [0.2, 0.25) is 0 Å². The zero-order valence-electron chi connectivity index (χ0n) is 26.1. The lowest BCUT2D eigenvalue weighted by atomic mass is 10.0. The smallest absolute Gasteiger partial charge is 0.101 e. The van der Waals surface area contributed by atoms with Crippen molar-refractivity contribution in [1.82, 2.24) is 9.80 Å². The molecule has 0 saturated carbocycles. The van der Waals surface area contributed by atoms with E-state index in [9.17, 15) is 0 Å². The summed E-state index contributed by atoms with van der Waals surface area (Å²) in [4.78, 5) is 5.34. The van der Waals surface area contributed by atoms with Gasteiger partial charge in [-0.05, 0) is 25.7 Å². The molecule has 0 amide bonds. The summed E-state index contributed by atoms with van der Waals surface area (Å²) in [6, 6.07) is 0. The lowest BCUT2D eigenvalue weighted by molar-refractivity contribution is 0.136. The molecule has 0 saturated heterocycles. The molecule has 1 rings (SSSR count). The highest BCUT2D eigenvalue weighted by atomic mass is 15.4. The number of nitrogens with zero attached hydrogens (tertiary/aromatic N) is 2. The van der Waals surface area contributed by atoms with Gasteiger partial charge in [0.1, 0.15) is 6.17 Å². The number of hydrogen-bond donors (Lipinski definition) is 0. The second kappa shape index (κ2) is 26.9. The summed E-state index contributed by atoms with van der Waals surface area (Å²) in [5.41, 5.74) is 0. The molecule has 0 spiro atoms. The lowest BCUT2D eigenvalue weighted by Gasteiger charge is -2.33. The van der Waals surface area contributed by atoms with Crippen molar-refractivity contribution in [2.24, 2.45) is 0 Å². The van der Waals surface area contributed by atoms with Crippen LogP contribution in [0.4, 0.5) is 0 Å². The molecule has 1 aliphatic rings. The molecule has 0 radical (unpaired) electrons. The highest BCUT2D eigenvalue weighted by Gasteiger charge is 2.24. The SMILES string of the molecule is CCCCCCCCCCCCCCCCCN1C=CN(CCCCCCCCCCC)C1CCCC. The van der Waals surface area contributed by atoms with E-state index < -0.39 is 0 Å². The Bertz CT molecular complexity index is 474. The Kier molecular flexibility index (Phi) is 25.0. The van der Waals surface area contributed by atoms with Crippen molar-refractivity contribution >= 4 is 0 Å². The second-order valence-corrected chi connectivity index (χ2v) is 12.2. The summed E-state index contributed by atoms with van der Waals surface area (Å²) < 4.78 is 0. The van der Waals surface area contributed by atoms with E-state index in [2.05, 4.69) is 43.0 Å². The minimum atomic E-state index is 0.639. The van der Waals surface area contributed by atoms with Crippen LogP contribution in [0.5, 0.6) is 0 Å². The first-order valence-electron chi connectivity index (χ1n) is 17.5. The molecule has 1 atom stereocenters. The standard InChI is InChI=1S/C35H70N2/c1-4-7-10-12-14-16-17-18-19-20-21-23-25-27-29-32-37-34-33-36(35(37)30-9-6-3)31-28-26-24-22-15-13-11-8-5-2/h33-35H,4-32H2,1-3H3. The van der Waals surface area contributed by atoms with Gasteiger partial charge in [0.25, 0.3) is 0 Å². The predicted octanol–water partition coefficient (Wildman–Crippen LogP) is 12.0. The van der Waals surface area contributed by atoms with Gasteiger partial charge in [-0.25, -0.2) is 0 Å². The third kappa shape index (κ3) is 20.0. The van der Waals surface area contributed by atoms with Crippen LogP contribution in [0.1, 0.15) is 194 Å². The minimum Gasteiger partial charge on any atom is -0.356 e. The van der Waals surface area contributed by atoms with Crippen molar-refractivity contribution in [2.75, 3.05) is 13.1 Å². The van der Waals surface area contributed by atoms with E-state index >= 15 is 0 Å². The highest BCUT2D eigenvalue weighted by Crippen LogP contribution is 2.23. The van der Waals surface area contributed by atoms with Crippen LogP contribution >= 0.6 is 0 Å². The molecular formula is C35H70N2. The lowest BCUT2D eigenvalue weighted by Crippen LogP contribution is -2.39. The summed E-state index contributed by atoms with van der Waals surface area (Å²) in [7, 11) is 0. The van der Waals surface area contributed by atoms with Gasteiger partial charge in [0.2, 0.25) is 0 Å². The topological polar surface area (TPSA) is 6.48 Å². The quantitative estimate of drug-likeness (QED) is 0.0908. The molecule has 0 fully saturated rings. The second-order valence-electron chi connectivity index (χ2n) is 12.2. The third-order valence-corrected chi connectivity index (χ3v) is 8.57. The molecule has 0 aromatic heterocycles. The molecule has 0 bridgehead atoms. The number of unbranched alkanes of at least 4 members (excludes halogenated alkanes) is 23. The van der Waals surface area contributed by atoms with Crippen LogP contribution < -0.4 is 0 Å².